The van der Waals surface area contributed by atoms with Gasteiger partial charge in [-0.1, -0.05) is 19.9 Å². The number of nitrogens with two attached hydrogens (primary N) is 1. The molecular formula is C12H16N2O. The van der Waals surface area contributed by atoms with Crippen LogP contribution in [0.5, 0.6) is 5.75 Å². The van der Waals surface area contributed by atoms with Crippen molar-refractivity contribution in [3.63, 3.8) is 0 Å². The number of aromatic hydroxyl groups is 1. The zero-order valence-corrected chi connectivity index (χ0v) is 8.99. The van der Waals surface area contributed by atoms with Gasteiger partial charge in [0, 0.05) is 28.7 Å². The second-order valence-electron chi connectivity index (χ2n) is 4.21. The van der Waals surface area contributed by atoms with Crippen LogP contribution in [0.3, 0.4) is 0 Å². The number of phenols is 1. The first-order chi connectivity index (χ1) is 7.11. The second-order valence-corrected chi connectivity index (χ2v) is 4.21. The number of rotatable bonds is 2. The predicted octanol–water partition coefficient (Wildman–Crippen LogP) is 2.53. The molecule has 15 heavy (non-hydrogen) atoms. The van der Waals surface area contributed by atoms with E-state index in [0.717, 1.165) is 16.5 Å². The van der Waals surface area contributed by atoms with Gasteiger partial charge in [0.2, 0.25) is 0 Å². The maximum absolute atomic E-state index is 10.1. The summed E-state index contributed by atoms with van der Waals surface area (Å²) in [5.74, 6) is 0.613. The molecule has 80 valence electrons. The van der Waals surface area contributed by atoms with Crippen molar-refractivity contribution in [3.05, 3.63) is 30.0 Å². The van der Waals surface area contributed by atoms with Crippen LogP contribution in [-0.2, 0) is 0 Å². The Kier molecular flexibility index (Phi) is 2.40. The van der Waals surface area contributed by atoms with Gasteiger partial charge in [-0.25, -0.2) is 0 Å². The topological polar surface area (TPSA) is 62.0 Å². The fourth-order valence-electron chi connectivity index (χ4n) is 1.76. The molecule has 2 rings (SSSR count). The molecule has 0 saturated heterocycles. The molecule has 0 amide bonds. The highest BCUT2D eigenvalue weighted by atomic mass is 16.3. The number of benzene rings is 1. The summed E-state index contributed by atoms with van der Waals surface area (Å²) in [4.78, 5) is 3.05. The summed E-state index contributed by atoms with van der Waals surface area (Å²) in [6.45, 7) is 4.09. The first-order valence-corrected chi connectivity index (χ1v) is 5.16. The molecular weight excluding hydrogens is 188 g/mol. The van der Waals surface area contributed by atoms with Crippen LogP contribution in [0.2, 0.25) is 0 Å². The molecule has 3 heteroatoms. The highest BCUT2D eigenvalue weighted by molar-refractivity contribution is 5.87. The smallest absolute Gasteiger partial charge is 0.129 e. The molecule has 1 aromatic heterocycles. The standard InChI is InChI=1S/C12H16N2O/c1-7(2)11(13)9-3-4-10-8(12(9)15)5-6-14-10/h3-7,11,14-15H,13H2,1-2H3. The third-order valence-electron chi connectivity index (χ3n) is 2.81. The SMILES string of the molecule is CC(C)C(N)c1ccc2[nH]ccc2c1O. The van der Waals surface area contributed by atoms with Crippen LogP contribution in [0.1, 0.15) is 25.5 Å². The normalized spacial score (nSPS) is 13.6. The van der Waals surface area contributed by atoms with Crippen molar-refractivity contribution in [1.82, 2.24) is 4.98 Å². The fraction of sp³-hybridized carbons (Fsp3) is 0.333. The first-order valence-electron chi connectivity index (χ1n) is 5.16. The molecule has 2 aromatic rings. The summed E-state index contributed by atoms with van der Waals surface area (Å²) in [6.07, 6.45) is 1.81. The van der Waals surface area contributed by atoms with E-state index in [1.54, 1.807) is 0 Å². The molecule has 3 nitrogen and oxygen atoms in total. The van der Waals surface area contributed by atoms with Gasteiger partial charge in [0.05, 0.1) is 0 Å². The van der Waals surface area contributed by atoms with Crippen molar-refractivity contribution in [2.45, 2.75) is 19.9 Å². The van der Waals surface area contributed by atoms with Crippen LogP contribution in [-0.4, -0.2) is 10.1 Å². The summed E-state index contributed by atoms with van der Waals surface area (Å²) >= 11 is 0. The lowest BCUT2D eigenvalue weighted by atomic mass is 9.95. The number of aromatic amines is 1. The first kappa shape index (κ1) is 10.1. The van der Waals surface area contributed by atoms with Crippen LogP contribution in [0.4, 0.5) is 0 Å². The number of aromatic nitrogens is 1. The maximum atomic E-state index is 10.1. The van der Waals surface area contributed by atoms with Crippen molar-refractivity contribution in [1.29, 1.82) is 0 Å². The molecule has 1 heterocycles. The number of nitrogens with one attached hydrogen (secondary N) is 1. The Balaban J connectivity index is 2.57. The predicted molar refractivity (Wildman–Crippen MR) is 61.7 cm³/mol. The molecule has 0 saturated carbocycles. The van der Waals surface area contributed by atoms with E-state index in [2.05, 4.69) is 4.98 Å². The number of hydrogen-bond donors (Lipinski definition) is 3. The average molecular weight is 204 g/mol. The van der Waals surface area contributed by atoms with Crippen LogP contribution in [0.25, 0.3) is 10.9 Å². The van der Waals surface area contributed by atoms with E-state index in [4.69, 9.17) is 5.73 Å². The molecule has 0 aliphatic heterocycles. The molecule has 1 atom stereocenters. The molecule has 0 spiro atoms. The number of hydrogen-bond acceptors (Lipinski definition) is 2. The van der Waals surface area contributed by atoms with Gasteiger partial charge in [-0.3, -0.25) is 0 Å². The summed E-state index contributed by atoms with van der Waals surface area (Å²) in [7, 11) is 0. The quantitative estimate of drug-likeness (QED) is 0.704. The van der Waals surface area contributed by atoms with Crippen LogP contribution in [0, 0.1) is 5.92 Å². The van der Waals surface area contributed by atoms with E-state index in [-0.39, 0.29) is 6.04 Å². The zero-order valence-electron chi connectivity index (χ0n) is 8.99. The molecule has 0 fully saturated rings. The largest absolute Gasteiger partial charge is 0.507 e. The second kappa shape index (κ2) is 3.59. The highest BCUT2D eigenvalue weighted by Crippen LogP contribution is 2.33. The van der Waals surface area contributed by atoms with Gasteiger partial charge in [0.1, 0.15) is 5.75 Å². The summed E-state index contributed by atoms with van der Waals surface area (Å²) in [5, 5.41) is 10.9. The van der Waals surface area contributed by atoms with E-state index in [0.29, 0.717) is 11.7 Å². The molecule has 0 bridgehead atoms. The van der Waals surface area contributed by atoms with Crippen LogP contribution in [0.15, 0.2) is 24.4 Å². The van der Waals surface area contributed by atoms with Gasteiger partial charge in [0.15, 0.2) is 0 Å². The molecule has 0 radical (unpaired) electrons. The number of phenolic OH excluding ortho intramolecular Hbond substituents is 1. The van der Waals surface area contributed by atoms with E-state index >= 15 is 0 Å². The van der Waals surface area contributed by atoms with Crippen molar-refractivity contribution in [2.75, 3.05) is 0 Å². The Bertz CT molecular complexity index is 473. The van der Waals surface area contributed by atoms with Crippen LogP contribution >= 0.6 is 0 Å². The van der Waals surface area contributed by atoms with Gasteiger partial charge < -0.3 is 15.8 Å². The van der Waals surface area contributed by atoms with Crippen molar-refractivity contribution < 1.29 is 5.11 Å². The Morgan fingerprint density at radius 2 is 2.00 bits per heavy atom. The van der Waals surface area contributed by atoms with E-state index < -0.39 is 0 Å². The van der Waals surface area contributed by atoms with E-state index in [1.165, 1.54) is 0 Å². The monoisotopic (exact) mass is 204 g/mol. The van der Waals surface area contributed by atoms with Crippen LogP contribution < -0.4 is 5.73 Å². The third kappa shape index (κ3) is 1.59. The zero-order chi connectivity index (χ0) is 11.0. The minimum Gasteiger partial charge on any atom is -0.507 e. The molecule has 1 unspecified atom stereocenters. The van der Waals surface area contributed by atoms with E-state index in [1.807, 2.05) is 38.2 Å². The summed E-state index contributed by atoms with van der Waals surface area (Å²) in [6, 6.07) is 5.58. The van der Waals surface area contributed by atoms with Crippen molar-refractivity contribution in [2.24, 2.45) is 11.7 Å². The number of H-pyrrole nitrogens is 1. The lowest BCUT2D eigenvalue weighted by Crippen LogP contribution is -2.16. The fourth-order valence-corrected chi connectivity index (χ4v) is 1.76. The minimum absolute atomic E-state index is 0.121. The van der Waals surface area contributed by atoms with Crippen molar-refractivity contribution in [3.8, 4) is 5.75 Å². The van der Waals surface area contributed by atoms with Gasteiger partial charge in [-0.05, 0) is 18.1 Å². The molecule has 0 aliphatic carbocycles. The lowest BCUT2D eigenvalue weighted by Gasteiger charge is -2.17. The van der Waals surface area contributed by atoms with Gasteiger partial charge in [0.25, 0.3) is 0 Å². The Morgan fingerprint density at radius 3 is 2.67 bits per heavy atom. The Labute approximate surface area is 88.9 Å². The lowest BCUT2D eigenvalue weighted by molar-refractivity contribution is 0.445. The average Bonchev–Trinajstić information content (AvgIpc) is 2.66. The Hall–Kier alpha value is -1.48. The molecule has 1 aromatic carbocycles. The van der Waals surface area contributed by atoms with Gasteiger partial charge in [-0.2, -0.15) is 0 Å². The van der Waals surface area contributed by atoms with Gasteiger partial charge >= 0.3 is 0 Å². The molecule has 0 aliphatic rings. The van der Waals surface area contributed by atoms with Gasteiger partial charge in [-0.15, -0.1) is 0 Å². The Morgan fingerprint density at radius 1 is 1.27 bits per heavy atom. The highest BCUT2D eigenvalue weighted by Gasteiger charge is 2.16. The molecule has 4 N–H and O–H groups in total. The summed E-state index contributed by atoms with van der Waals surface area (Å²) < 4.78 is 0. The summed E-state index contributed by atoms with van der Waals surface area (Å²) in [5.41, 5.74) is 7.78. The van der Waals surface area contributed by atoms with E-state index in [9.17, 15) is 5.11 Å². The maximum Gasteiger partial charge on any atom is 0.129 e. The third-order valence-corrected chi connectivity index (χ3v) is 2.81. The minimum atomic E-state index is -0.121. The van der Waals surface area contributed by atoms with Crippen molar-refractivity contribution >= 4 is 10.9 Å². The number of fused-ring (bicyclic) bond motifs is 1.